The Morgan fingerprint density at radius 1 is 0.877 bits per heavy atom. The van der Waals surface area contributed by atoms with E-state index in [4.69, 9.17) is 9.72 Å². The lowest BCUT2D eigenvalue weighted by Crippen LogP contribution is -2.44. The van der Waals surface area contributed by atoms with Gasteiger partial charge in [-0.2, -0.15) is 4.98 Å². The molecule has 9 rings (SSSR count). The highest BCUT2D eigenvalue weighted by atomic mass is 32.2. The zero-order chi connectivity index (χ0) is 45.4. The van der Waals surface area contributed by atoms with Gasteiger partial charge in [-0.05, 0) is 126 Å². The van der Waals surface area contributed by atoms with Gasteiger partial charge in [-0.1, -0.05) is 12.8 Å². The molecule has 2 amide bonds. The van der Waals surface area contributed by atoms with Gasteiger partial charge >= 0.3 is 5.69 Å². The lowest BCUT2D eigenvalue weighted by Gasteiger charge is -2.39. The van der Waals surface area contributed by atoms with Crippen LogP contribution in [0.15, 0.2) is 69.2 Å². The Hall–Kier alpha value is -5.43. The van der Waals surface area contributed by atoms with Crippen molar-refractivity contribution < 1.29 is 22.7 Å². The van der Waals surface area contributed by atoms with Crippen molar-refractivity contribution in [3.05, 3.63) is 81.1 Å². The Balaban J connectivity index is 0.703. The number of fused-ring (bicyclic) bond motifs is 2. The number of hydrogen-bond acceptors (Lipinski definition) is 12. The number of hydrogen-bond donors (Lipinski definition) is 3. The summed E-state index contributed by atoms with van der Waals surface area (Å²) in [6.07, 6.45) is 12.5. The molecule has 1 atom stereocenters. The number of benzene rings is 2. The Morgan fingerprint density at radius 3 is 2.38 bits per heavy atom. The number of aromatic nitrogens is 5. The maximum absolute atomic E-state index is 13.3. The Kier molecular flexibility index (Phi) is 13.0. The lowest BCUT2D eigenvalue weighted by atomic mass is 9.90. The number of imidazole rings is 1. The minimum atomic E-state index is -3.77. The minimum absolute atomic E-state index is 0.0664. The smallest absolute Gasteiger partial charge is 0.329 e. The van der Waals surface area contributed by atoms with Crippen molar-refractivity contribution in [1.29, 1.82) is 0 Å². The van der Waals surface area contributed by atoms with E-state index in [-0.39, 0.29) is 47.2 Å². The van der Waals surface area contributed by atoms with E-state index < -0.39 is 22.0 Å². The van der Waals surface area contributed by atoms with Crippen LogP contribution >= 0.6 is 0 Å². The van der Waals surface area contributed by atoms with Crippen molar-refractivity contribution in [3.8, 4) is 0 Å². The molecule has 17 nitrogen and oxygen atoms in total. The number of nitrogens with one attached hydrogen (secondary N) is 3. The number of imide groups is 1. The summed E-state index contributed by atoms with van der Waals surface area (Å²) in [6.45, 7) is 5.18. The topological polar surface area (TPSA) is 195 Å². The van der Waals surface area contributed by atoms with Crippen LogP contribution in [-0.2, 0) is 31.4 Å². The predicted octanol–water partition coefficient (Wildman–Crippen LogP) is 5.04. The second-order valence-corrected chi connectivity index (χ2v) is 20.2. The van der Waals surface area contributed by atoms with Crippen LogP contribution in [-0.4, -0.2) is 101 Å². The number of piperidine rings is 2. The summed E-state index contributed by atoms with van der Waals surface area (Å²) in [7, 11) is 0.190. The van der Waals surface area contributed by atoms with Crippen LogP contribution in [0.1, 0.15) is 94.7 Å². The highest BCUT2D eigenvalue weighted by Gasteiger charge is 2.32. The van der Waals surface area contributed by atoms with Gasteiger partial charge in [-0.25, -0.2) is 22.9 Å². The van der Waals surface area contributed by atoms with E-state index in [0.29, 0.717) is 53.4 Å². The fraction of sp³-hybridized carbons (Fsp3) is 0.532. The van der Waals surface area contributed by atoms with Crippen LogP contribution in [0.3, 0.4) is 0 Å². The van der Waals surface area contributed by atoms with Crippen molar-refractivity contribution in [3.63, 3.8) is 0 Å². The van der Waals surface area contributed by atoms with E-state index in [1.807, 2.05) is 25.1 Å². The Morgan fingerprint density at radius 2 is 1.65 bits per heavy atom. The van der Waals surface area contributed by atoms with Crippen molar-refractivity contribution in [2.24, 2.45) is 13.0 Å². The molecule has 2 aliphatic heterocycles. The second kappa shape index (κ2) is 18.8. The lowest BCUT2D eigenvalue weighted by molar-refractivity contribution is -0.135. The summed E-state index contributed by atoms with van der Waals surface area (Å²) in [6, 6.07) is 14.1. The summed E-state index contributed by atoms with van der Waals surface area (Å²) in [5.41, 5.74) is 4.19. The summed E-state index contributed by atoms with van der Waals surface area (Å²) in [5, 5.41) is 6.39. The summed E-state index contributed by atoms with van der Waals surface area (Å²) < 4.78 is 40.3. The molecule has 2 saturated heterocycles. The van der Waals surface area contributed by atoms with E-state index in [1.165, 1.54) is 4.57 Å². The van der Waals surface area contributed by atoms with Gasteiger partial charge in [0, 0.05) is 80.8 Å². The quantitative estimate of drug-likeness (QED) is 0.0994. The number of nitrogens with zero attached hydrogens (tertiary/aromatic N) is 7. The summed E-state index contributed by atoms with van der Waals surface area (Å²) in [5.74, 6) is 0.188. The van der Waals surface area contributed by atoms with E-state index in [1.54, 1.807) is 52.7 Å². The normalized spacial score (nSPS) is 21.5. The van der Waals surface area contributed by atoms with Crippen LogP contribution in [0.5, 0.6) is 0 Å². The number of ether oxygens (including phenoxy) is 1. The van der Waals surface area contributed by atoms with Crippen molar-refractivity contribution >= 4 is 61.2 Å². The van der Waals surface area contributed by atoms with Gasteiger partial charge in [0.2, 0.25) is 27.8 Å². The van der Waals surface area contributed by atoms with E-state index in [2.05, 4.69) is 37.2 Å². The standard InChI is InChI=1S/C47H60N10O7S/c1-30-26-37(14-15-38(30)50-46-48-28-32-8-19-43(59)56(44(32)52-46)34-6-4-5-7-34)65(62,63)49-22-25-64-36-12-9-33(10-13-36)53(2)29-31-20-23-55(24-21-31)35-11-16-39-41(27-35)54(3)47(61)57(39)40-17-18-42(58)51-45(40)60/h8,11,14-16,19,26-28,31,33-34,36,40,49H,4-7,9-10,12-13,17-18,20-25,29H2,1-3H3,(H,48,50,52)(H,51,58,60)/t33-,36-,40?. The molecule has 1 unspecified atom stereocenters. The van der Waals surface area contributed by atoms with Crippen LogP contribution in [0.2, 0.25) is 0 Å². The zero-order valence-electron chi connectivity index (χ0n) is 37.5. The molecule has 65 heavy (non-hydrogen) atoms. The minimum Gasteiger partial charge on any atom is -0.377 e. The van der Waals surface area contributed by atoms with E-state index in [9.17, 15) is 27.6 Å². The van der Waals surface area contributed by atoms with Gasteiger partial charge in [0.15, 0.2) is 0 Å². The van der Waals surface area contributed by atoms with Crippen LogP contribution in [0, 0.1) is 12.8 Å². The Bertz CT molecular complexity index is 2820. The van der Waals surface area contributed by atoms with E-state index >= 15 is 0 Å². The van der Waals surface area contributed by atoms with Crippen LogP contribution < -0.4 is 31.5 Å². The molecule has 3 aromatic heterocycles. The molecular weight excluding hydrogens is 849 g/mol. The highest BCUT2D eigenvalue weighted by Crippen LogP contribution is 2.33. The molecule has 0 radical (unpaired) electrons. The third-order valence-electron chi connectivity index (χ3n) is 14.2. The third-order valence-corrected chi connectivity index (χ3v) is 15.7. The fourth-order valence-corrected chi connectivity index (χ4v) is 11.6. The van der Waals surface area contributed by atoms with Gasteiger partial charge in [-0.15, -0.1) is 0 Å². The Labute approximate surface area is 378 Å². The fourth-order valence-electron chi connectivity index (χ4n) is 10.5. The van der Waals surface area contributed by atoms with Crippen LogP contribution in [0.4, 0.5) is 17.3 Å². The maximum atomic E-state index is 13.3. The molecule has 2 aromatic carbocycles. The number of amides is 2. The largest absolute Gasteiger partial charge is 0.377 e. The van der Waals surface area contributed by atoms with Crippen molar-refractivity contribution in [2.75, 3.05) is 50.1 Å². The molecule has 346 valence electrons. The molecule has 2 saturated carbocycles. The van der Waals surface area contributed by atoms with Gasteiger partial charge in [0.1, 0.15) is 11.7 Å². The molecule has 4 aliphatic rings. The first-order chi connectivity index (χ1) is 31.3. The number of carbonyl (C=O) groups is 2. The number of anilines is 3. The second-order valence-electron chi connectivity index (χ2n) is 18.5. The maximum Gasteiger partial charge on any atom is 0.329 e. The van der Waals surface area contributed by atoms with Crippen LogP contribution in [0.25, 0.3) is 22.1 Å². The predicted molar refractivity (Wildman–Crippen MR) is 249 cm³/mol. The van der Waals surface area contributed by atoms with Gasteiger partial charge in [0.25, 0.3) is 5.56 Å². The number of rotatable bonds is 14. The first kappa shape index (κ1) is 44.8. The molecule has 0 bridgehead atoms. The number of aryl methyl sites for hydroxylation is 2. The molecule has 2 aliphatic carbocycles. The number of sulfonamides is 1. The molecular formula is C47H60N10O7S. The number of carbonyl (C=O) groups excluding carboxylic acids is 2. The van der Waals surface area contributed by atoms with Gasteiger partial charge in [-0.3, -0.25) is 33.4 Å². The molecule has 0 spiro atoms. The first-order valence-corrected chi connectivity index (χ1v) is 24.7. The molecule has 4 fully saturated rings. The first-order valence-electron chi connectivity index (χ1n) is 23.2. The van der Waals surface area contributed by atoms with E-state index in [0.717, 1.165) is 100 Å². The van der Waals surface area contributed by atoms with Gasteiger partial charge in [0.05, 0.1) is 28.6 Å². The SMILES string of the molecule is Cc1cc(S(=O)(=O)NCCO[C@H]2CC[C@H](N(C)CC3CCN(c4ccc5c(c4)n(C)c(=O)n5C4CCC(=O)NC4=O)CC3)CC2)ccc1Nc1ncc2ccc(=O)n(C3CCCC3)c2n1. The third kappa shape index (κ3) is 9.49. The number of pyridine rings is 1. The average molecular weight is 909 g/mol. The summed E-state index contributed by atoms with van der Waals surface area (Å²) in [4.78, 5) is 64.7. The molecule has 3 N–H and O–H groups in total. The average Bonchev–Trinajstić information content (AvgIpc) is 3.92. The van der Waals surface area contributed by atoms with Gasteiger partial charge < -0.3 is 19.9 Å². The summed E-state index contributed by atoms with van der Waals surface area (Å²) >= 11 is 0. The molecule has 5 heterocycles. The molecule has 5 aromatic rings. The van der Waals surface area contributed by atoms with Crippen molar-refractivity contribution in [2.45, 2.75) is 113 Å². The zero-order valence-corrected chi connectivity index (χ0v) is 38.3. The monoisotopic (exact) mass is 908 g/mol. The molecule has 18 heteroatoms. The van der Waals surface area contributed by atoms with Crippen molar-refractivity contribution in [1.82, 2.24) is 38.6 Å². The highest BCUT2D eigenvalue weighted by molar-refractivity contribution is 7.89.